The van der Waals surface area contributed by atoms with E-state index in [0.29, 0.717) is 23.0 Å². The van der Waals surface area contributed by atoms with Crippen molar-refractivity contribution < 1.29 is 9.52 Å². The zero-order valence-corrected chi connectivity index (χ0v) is 16.4. The van der Waals surface area contributed by atoms with E-state index in [0.717, 1.165) is 36.6 Å². The Kier molecular flexibility index (Phi) is 5.00. The minimum Gasteiger partial charge on any atom is -0.432 e. The van der Waals surface area contributed by atoms with E-state index in [9.17, 15) is 5.11 Å². The molecule has 4 rings (SSSR count). The third kappa shape index (κ3) is 3.27. The maximum absolute atomic E-state index is 9.53. The number of nitrogens with one attached hydrogen (secondary N) is 1. The molecule has 0 fully saturated rings. The number of aryl methyl sites for hydroxylation is 1. The van der Waals surface area contributed by atoms with Crippen LogP contribution in [0.3, 0.4) is 0 Å². The topological polar surface area (TPSA) is 84.1 Å². The average molecular weight is 368 g/mol. The first kappa shape index (κ1) is 18.2. The van der Waals surface area contributed by atoms with Gasteiger partial charge in [0.25, 0.3) is 0 Å². The van der Waals surface area contributed by atoms with Crippen molar-refractivity contribution in [1.29, 1.82) is 0 Å². The first-order valence-corrected chi connectivity index (χ1v) is 10.1. The zero-order chi connectivity index (χ0) is 19.0. The molecule has 0 unspecified atom stereocenters. The highest BCUT2D eigenvalue weighted by atomic mass is 16.3. The fourth-order valence-corrected chi connectivity index (χ4v) is 4.07. The monoisotopic (exact) mass is 368 g/mol. The van der Waals surface area contributed by atoms with Gasteiger partial charge in [-0.3, -0.25) is 0 Å². The van der Waals surface area contributed by atoms with Crippen molar-refractivity contribution in [2.24, 2.45) is 5.92 Å². The lowest BCUT2D eigenvalue weighted by atomic mass is 9.87. The van der Waals surface area contributed by atoms with Gasteiger partial charge >= 0.3 is 0 Å². The van der Waals surface area contributed by atoms with Crippen molar-refractivity contribution in [2.45, 2.75) is 65.3 Å². The van der Waals surface area contributed by atoms with Crippen molar-refractivity contribution in [3.63, 3.8) is 0 Å². The van der Waals surface area contributed by atoms with Crippen molar-refractivity contribution in [2.75, 3.05) is 11.9 Å². The Hall–Kier alpha value is -2.21. The Morgan fingerprint density at radius 3 is 2.67 bits per heavy atom. The van der Waals surface area contributed by atoms with Crippen LogP contribution < -0.4 is 5.32 Å². The third-order valence-electron chi connectivity index (χ3n) is 5.46. The molecule has 0 radical (unpaired) electrons. The van der Waals surface area contributed by atoms with E-state index < -0.39 is 0 Å². The van der Waals surface area contributed by atoms with Crippen LogP contribution in [0.2, 0.25) is 0 Å². The summed E-state index contributed by atoms with van der Waals surface area (Å²) in [6.07, 6.45) is 7.89. The summed E-state index contributed by atoms with van der Waals surface area (Å²) in [5.41, 5.74) is 6.08. The number of pyridine rings is 1. The second kappa shape index (κ2) is 7.43. The lowest BCUT2D eigenvalue weighted by Crippen LogP contribution is -2.23. The van der Waals surface area contributed by atoms with Crippen LogP contribution in [0.1, 0.15) is 56.9 Å². The van der Waals surface area contributed by atoms with Crippen LogP contribution in [0.15, 0.2) is 10.7 Å². The molecule has 0 aliphatic heterocycles. The molecule has 0 amide bonds. The smallest absolute Gasteiger partial charge is 0.229 e. The summed E-state index contributed by atoms with van der Waals surface area (Å²) in [5, 5.41) is 13.9. The number of aliphatic hydroxyl groups is 1. The highest BCUT2D eigenvalue weighted by Gasteiger charge is 2.25. The quantitative estimate of drug-likeness (QED) is 0.683. The number of hydrogen-bond acceptors (Lipinski definition) is 6. The van der Waals surface area contributed by atoms with E-state index in [-0.39, 0.29) is 12.6 Å². The average Bonchev–Trinajstić information content (AvgIpc) is 3.05. The highest BCUT2D eigenvalue weighted by Crippen LogP contribution is 2.38. The van der Waals surface area contributed by atoms with Crippen LogP contribution in [-0.2, 0) is 19.3 Å². The second-order valence-corrected chi connectivity index (χ2v) is 7.93. The zero-order valence-electron chi connectivity index (χ0n) is 16.4. The molecule has 0 bridgehead atoms. The van der Waals surface area contributed by atoms with Gasteiger partial charge in [-0.1, -0.05) is 20.8 Å². The van der Waals surface area contributed by atoms with Crippen molar-refractivity contribution in [3.05, 3.63) is 23.1 Å². The number of aromatic nitrogens is 3. The SMILES string of the molecule is CC[C@H](CO)Nc1ncnc2c1oc1nc(CC(C)C)c3c(c12)CCCC3. The van der Waals surface area contributed by atoms with Gasteiger partial charge in [0.15, 0.2) is 11.4 Å². The molecular formula is C21H28N4O2. The summed E-state index contributed by atoms with van der Waals surface area (Å²) in [6.45, 7) is 6.54. The van der Waals surface area contributed by atoms with E-state index >= 15 is 0 Å². The van der Waals surface area contributed by atoms with E-state index in [1.54, 1.807) is 6.33 Å². The van der Waals surface area contributed by atoms with Gasteiger partial charge in [-0.25, -0.2) is 15.0 Å². The van der Waals surface area contributed by atoms with Crippen LogP contribution in [0.25, 0.3) is 22.2 Å². The normalized spacial score (nSPS) is 15.4. The third-order valence-corrected chi connectivity index (χ3v) is 5.46. The molecule has 0 aromatic carbocycles. The van der Waals surface area contributed by atoms with Gasteiger partial charge < -0.3 is 14.8 Å². The molecule has 0 saturated heterocycles. The molecule has 1 atom stereocenters. The number of nitrogens with zero attached hydrogens (tertiary/aromatic N) is 3. The Morgan fingerprint density at radius 2 is 1.96 bits per heavy atom. The summed E-state index contributed by atoms with van der Waals surface area (Å²) in [6, 6.07) is -0.0605. The van der Waals surface area contributed by atoms with Crippen molar-refractivity contribution in [3.8, 4) is 0 Å². The Labute approximate surface area is 159 Å². The number of rotatable bonds is 6. The molecule has 1 aliphatic rings. The summed E-state index contributed by atoms with van der Waals surface area (Å²) < 4.78 is 6.18. The number of fused-ring (bicyclic) bond motifs is 5. The molecule has 3 heterocycles. The number of hydrogen-bond donors (Lipinski definition) is 2. The Balaban J connectivity index is 1.93. The fraction of sp³-hybridized carbons (Fsp3) is 0.571. The maximum Gasteiger partial charge on any atom is 0.229 e. The van der Waals surface area contributed by atoms with Gasteiger partial charge in [0.1, 0.15) is 11.8 Å². The Bertz CT molecular complexity index is 960. The standard InChI is InChI=1S/C21H28N4O2/c1-4-13(10-26)24-20-19-18(22-11-23-20)17-15-8-6-5-7-14(15)16(9-12(2)3)25-21(17)27-19/h11-13,26H,4-10H2,1-3H3,(H,22,23,24)/t13-/m1/s1. The summed E-state index contributed by atoms with van der Waals surface area (Å²) in [7, 11) is 0. The Morgan fingerprint density at radius 1 is 1.19 bits per heavy atom. The predicted molar refractivity (Wildman–Crippen MR) is 107 cm³/mol. The predicted octanol–water partition coefficient (Wildman–Crippen LogP) is 4.03. The molecule has 2 N–H and O–H groups in total. The van der Waals surface area contributed by atoms with Crippen LogP contribution in [0.5, 0.6) is 0 Å². The van der Waals surface area contributed by atoms with Crippen molar-refractivity contribution >= 4 is 28.0 Å². The largest absolute Gasteiger partial charge is 0.432 e. The van der Waals surface area contributed by atoms with E-state index in [2.05, 4.69) is 29.1 Å². The molecule has 3 aromatic rings. The van der Waals surface area contributed by atoms with Gasteiger partial charge in [-0.15, -0.1) is 0 Å². The van der Waals surface area contributed by atoms with Crippen LogP contribution in [-0.4, -0.2) is 32.7 Å². The summed E-state index contributed by atoms with van der Waals surface area (Å²) >= 11 is 0. The van der Waals surface area contributed by atoms with Crippen LogP contribution >= 0.6 is 0 Å². The summed E-state index contributed by atoms with van der Waals surface area (Å²) in [4.78, 5) is 13.8. The second-order valence-electron chi connectivity index (χ2n) is 7.93. The molecule has 6 heteroatoms. The maximum atomic E-state index is 9.53. The summed E-state index contributed by atoms with van der Waals surface area (Å²) in [5.74, 6) is 1.19. The number of anilines is 1. The van der Waals surface area contributed by atoms with Crippen molar-refractivity contribution in [1.82, 2.24) is 15.0 Å². The minimum atomic E-state index is -0.0605. The van der Waals surface area contributed by atoms with Crippen LogP contribution in [0, 0.1) is 5.92 Å². The fourth-order valence-electron chi connectivity index (χ4n) is 4.07. The van der Waals surface area contributed by atoms with Gasteiger partial charge in [0.05, 0.1) is 18.0 Å². The molecule has 3 aromatic heterocycles. The van der Waals surface area contributed by atoms with Crippen LogP contribution in [0.4, 0.5) is 5.82 Å². The highest BCUT2D eigenvalue weighted by molar-refractivity contribution is 6.06. The molecular weight excluding hydrogens is 340 g/mol. The lowest BCUT2D eigenvalue weighted by molar-refractivity contribution is 0.271. The molecule has 144 valence electrons. The molecule has 6 nitrogen and oxygen atoms in total. The van der Waals surface area contributed by atoms with E-state index in [1.807, 2.05) is 6.92 Å². The number of aliphatic hydroxyl groups excluding tert-OH is 1. The van der Waals surface area contributed by atoms with Gasteiger partial charge in [0, 0.05) is 5.69 Å². The first-order chi connectivity index (χ1) is 13.1. The number of furan rings is 1. The minimum absolute atomic E-state index is 0.0500. The van der Waals surface area contributed by atoms with Gasteiger partial charge in [-0.2, -0.15) is 0 Å². The van der Waals surface area contributed by atoms with Gasteiger partial charge in [-0.05, 0) is 55.6 Å². The molecule has 0 saturated carbocycles. The molecule has 0 spiro atoms. The van der Waals surface area contributed by atoms with E-state index in [4.69, 9.17) is 9.40 Å². The van der Waals surface area contributed by atoms with Gasteiger partial charge in [0.2, 0.25) is 5.71 Å². The molecule has 1 aliphatic carbocycles. The first-order valence-electron chi connectivity index (χ1n) is 10.1. The van der Waals surface area contributed by atoms with E-state index in [1.165, 1.54) is 29.7 Å². The molecule has 27 heavy (non-hydrogen) atoms. The lowest BCUT2D eigenvalue weighted by Gasteiger charge is -2.20.